The molecule has 0 N–H and O–H groups in total. The summed E-state index contributed by atoms with van der Waals surface area (Å²) in [6, 6.07) is 0. The SMILES string of the molecule is CCn1c(CN2CCN(CC(F)(F)F)CC2)nc2c(N3CCOCC3)nc(Cl)nc21. The van der Waals surface area contributed by atoms with Gasteiger partial charge in [-0.25, -0.2) is 4.98 Å². The van der Waals surface area contributed by atoms with Crippen LogP contribution in [0.15, 0.2) is 0 Å². The Bertz CT molecular complexity index is 877. The fourth-order valence-electron chi connectivity index (χ4n) is 4.01. The number of anilines is 1. The Morgan fingerprint density at radius 2 is 1.63 bits per heavy atom. The third-order valence-electron chi connectivity index (χ3n) is 5.49. The molecule has 166 valence electrons. The standard InChI is InChI=1S/C18H25ClF3N7O/c1-2-29-13(11-26-3-5-27(6-4-26)12-18(20,21)22)23-14-15(24-17(19)25-16(14)29)28-7-9-30-10-8-28/h2-12H2,1H3. The Kier molecular flexibility index (Phi) is 6.33. The maximum atomic E-state index is 12.6. The quantitative estimate of drug-likeness (QED) is 0.650. The fourth-order valence-corrected chi connectivity index (χ4v) is 4.17. The van der Waals surface area contributed by atoms with Crippen LogP contribution in [0.5, 0.6) is 0 Å². The smallest absolute Gasteiger partial charge is 0.378 e. The molecule has 0 amide bonds. The molecule has 2 aliphatic heterocycles. The van der Waals surface area contributed by atoms with Crippen LogP contribution in [0, 0.1) is 0 Å². The molecule has 2 aliphatic rings. The van der Waals surface area contributed by atoms with Gasteiger partial charge in [-0.05, 0) is 18.5 Å². The van der Waals surface area contributed by atoms with E-state index in [1.807, 2.05) is 11.5 Å². The number of piperazine rings is 1. The van der Waals surface area contributed by atoms with E-state index in [1.54, 1.807) is 0 Å². The maximum absolute atomic E-state index is 12.6. The molecule has 12 heteroatoms. The van der Waals surface area contributed by atoms with Gasteiger partial charge in [-0.3, -0.25) is 9.80 Å². The predicted octanol–water partition coefficient (Wildman–Crippen LogP) is 2.02. The van der Waals surface area contributed by atoms with Crippen LogP contribution in [0.4, 0.5) is 19.0 Å². The van der Waals surface area contributed by atoms with Crippen LogP contribution in [-0.2, 0) is 17.8 Å². The van der Waals surface area contributed by atoms with Crippen molar-refractivity contribution in [2.45, 2.75) is 26.2 Å². The van der Waals surface area contributed by atoms with Crippen molar-refractivity contribution in [1.82, 2.24) is 29.3 Å². The highest BCUT2D eigenvalue weighted by atomic mass is 35.5. The van der Waals surface area contributed by atoms with Crippen LogP contribution < -0.4 is 4.90 Å². The first-order chi connectivity index (χ1) is 14.3. The Balaban J connectivity index is 1.54. The van der Waals surface area contributed by atoms with Crippen molar-refractivity contribution in [1.29, 1.82) is 0 Å². The average Bonchev–Trinajstić information content (AvgIpc) is 3.05. The minimum Gasteiger partial charge on any atom is -0.378 e. The highest BCUT2D eigenvalue weighted by Gasteiger charge is 2.32. The topological polar surface area (TPSA) is 62.5 Å². The van der Waals surface area contributed by atoms with Gasteiger partial charge >= 0.3 is 6.18 Å². The maximum Gasteiger partial charge on any atom is 0.401 e. The minimum atomic E-state index is -4.16. The molecule has 0 bridgehead atoms. The van der Waals surface area contributed by atoms with Crippen molar-refractivity contribution in [3.63, 3.8) is 0 Å². The van der Waals surface area contributed by atoms with Gasteiger partial charge in [0.15, 0.2) is 17.0 Å². The molecule has 30 heavy (non-hydrogen) atoms. The molecule has 0 unspecified atom stereocenters. The summed E-state index contributed by atoms with van der Waals surface area (Å²) in [6.07, 6.45) is -4.16. The summed E-state index contributed by atoms with van der Waals surface area (Å²) in [5.74, 6) is 1.53. The number of rotatable bonds is 5. The number of halogens is 4. The summed E-state index contributed by atoms with van der Waals surface area (Å²) in [5, 5.41) is 0.172. The molecule has 2 saturated heterocycles. The Morgan fingerprint density at radius 1 is 0.967 bits per heavy atom. The molecule has 0 radical (unpaired) electrons. The lowest BCUT2D eigenvalue weighted by atomic mass is 10.3. The monoisotopic (exact) mass is 447 g/mol. The van der Waals surface area contributed by atoms with Gasteiger partial charge in [-0.15, -0.1) is 0 Å². The van der Waals surface area contributed by atoms with Crippen molar-refractivity contribution < 1.29 is 17.9 Å². The summed E-state index contributed by atoms with van der Waals surface area (Å²) < 4.78 is 45.3. The van der Waals surface area contributed by atoms with E-state index in [4.69, 9.17) is 21.3 Å². The van der Waals surface area contributed by atoms with E-state index >= 15 is 0 Å². The third kappa shape index (κ3) is 4.79. The zero-order chi connectivity index (χ0) is 21.3. The number of aryl methyl sites for hydroxylation is 1. The lowest BCUT2D eigenvalue weighted by Gasteiger charge is -2.34. The molecule has 4 rings (SSSR count). The van der Waals surface area contributed by atoms with E-state index in [-0.39, 0.29) is 5.28 Å². The molecular formula is C18H25ClF3N7O. The van der Waals surface area contributed by atoms with Gasteiger partial charge in [0.2, 0.25) is 5.28 Å². The largest absolute Gasteiger partial charge is 0.401 e. The van der Waals surface area contributed by atoms with E-state index < -0.39 is 12.7 Å². The predicted molar refractivity (Wildman–Crippen MR) is 107 cm³/mol. The number of alkyl halides is 3. The first kappa shape index (κ1) is 21.5. The van der Waals surface area contributed by atoms with Crippen LogP contribution in [-0.4, -0.2) is 94.5 Å². The van der Waals surface area contributed by atoms with Crippen molar-refractivity contribution >= 4 is 28.6 Å². The van der Waals surface area contributed by atoms with E-state index in [2.05, 4.69) is 19.8 Å². The van der Waals surface area contributed by atoms with Gasteiger partial charge in [-0.2, -0.15) is 23.1 Å². The number of hydrogen-bond donors (Lipinski definition) is 0. The number of nitrogens with zero attached hydrogens (tertiary/aromatic N) is 7. The van der Waals surface area contributed by atoms with Gasteiger partial charge in [-0.1, -0.05) is 0 Å². The second-order valence-corrected chi connectivity index (χ2v) is 7.87. The highest BCUT2D eigenvalue weighted by molar-refractivity contribution is 6.28. The molecule has 2 aromatic rings. The molecule has 0 aliphatic carbocycles. The summed E-state index contributed by atoms with van der Waals surface area (Å²) in [6.45, 7) is 6.90. The Morgan fingerprint density at radius 3 is 2.27 bits per heavy atom. The number of morpholine rings is 1. The summed E-state index contributed by atoms with van der Waals surface area (Å²) in [5.41, 5.74) is 1.39. The summed E-state index contributed by atoms with van der Waals surface area (Å²) in [7, 11) is 0. The van der Waals surface area contributed by atoms with Crippen molar-refractivity contribution in [2.75, 3.05) is 63.9 Å². The van der Waals surface area contributed by atoms with Gasteiger partial charge in [0.25, 0.3) is 0 Å². The van der Waals surface area contributed by atoms with Crippen molar-refractivity contribution in [3.8, 4) is 0 Å². The van der Waals surface area contributed by atoms with Crippen molar-refractivity contribution in [2.24, 2.45) is 0 Å². The van der Waals surface area contributed by atoms with E-state index in [0.717, 1.165) is 5.82 Å². The van der Waals surface area contributed by atoms with Gasteiger partial charge in [0.05, 0.1) is 26.3 Å². The van der Waals surface area contributed by atoms with Crippen LogP contribution in [0.25, 0.3) is 11.2 Å². The number of ether oxygens (including phenoxy) is 1. The lowest BCUT2D eigenvalue weighted by Crippen LogP contribution is -2.48. The molecule has 2 aromatic heterocycles. The Labute approximate surface area is 177 Å². The minimum absolute atomic E-state index is 0.172. The number of aromatic nitrogens is 4. The van der Waals surface area contributed by atoms with Gasteiger partial charge < -0.3 is 14.2 Å². The zero-order valence-corrected chi connectivity index (χ0v) is 17.6. The third-order valence-corrected chi connectivity index (χ3v) is 5.66. The molecule has 0 spiro atoms. The van der Waals surface area contributed by atoms with Gasteiger partial charge in [0, 0.05) is 45.8 Å². The van der Waals surface area contributed by atoms with E-state index in [1.165, 1.54) is 4.90 Å². The van der Waals surface area contributed by atoms with E-state index in [0.29, 0.717) is 82.6 Å². The number of hydrogen-bond acceptors (Lipinski definition) is 7. The molecule has 2 fully saturated rings. The second kappa shape index (κ2) is 8.81. The zero-order valence-electron chi connectivity index (χ0n) is 16.8. The first-order valence-electron chi connectivity index (χ1n) is 10.1. The molecule has 4 heterocycles. The molecule has 0 atom stereocenters. The first-order valence-corrected chi connectivity index (χ1v) is 10.5. The summed E-state index contributed by atoms with van der Waals surface area (Å²) >= 11 is 6.21. The molecule has 0 saturated carbocycles. The molecule has 8 nitrogen and oxygen atoms in total. The summed E-state index contributed by atoms with van der Waals surface area (Å²) in [4.78, 5) is 19.4. The normalized spacial score (nSPS) is 19.7. The van der Waals surface area contributed by atoms with Crippen LogP contribution in [0.1, 0.15) is 12.7 Å². The van der Waals surface area contributed by atoms with Crippen molar-refractivity contribution in [3.05, 3.63) is 11.1 Å². The second-order valence-electron chi connectivity index (χ2n) is 7.53. The van der Waals surface area contributed by atoms with Crippen LogP contribution in [0.3, 0.4) is 0 Å². The molecule has 0 aromatic carbocycles. The van der Waals surface area contributed by atoms with Gasteiger partial charge in [0.1, 0.15) is 5.82 Å². The van der Waals surface area contributed by atoms with E-state index in [9.17, 15) is 13.2 Å². The Hall–Kier alpha value is -1.69. The number of imidazole rings is 1. The van der Waals surface area contributed by atoms with Crippen LogP contribution in [0.2, 0.25) is 5.28 Å². The fraction of sp³-hybridized carbons (Fsp3) is 0.722. The van der Waals surface area contributed by atoms with Crippen LogP contribution >= 0.6 is 11.6 Å². The average molecular weight is 448 g/mol. The lowest BCUT2D eigenvalue weighted by molar-refractivity contribution is -0.149. The highest BCUT2D eigenvalue weighted by Crippen LogP contribution is 2.27. The molecular weight excluding hydrogens is 423 g/mol. The number of fused-ring (bicyclic) bond motifs is 1.